The van der Waals surface area contributed by atoms with E-state index < -0.39 is 0 Å². The van der Waals surface area contributed by atoms with Crippen LogP contribution in [-0.2, 0) is 0 Å². The lowest BCUT2D eigenvalue weighted by atomic mass is 9.97. The van der Waals surface area contributed by atoms with E-state index >= 15 is 0 Å². The highest BCUT2D eigenvalue weighted by Crippen LogP contribution is 2.21. The molecule has 0 aliphatic carbocycles. The summed E-state index contributed by atoms with van der Waals surface area (Å²) in [5.41, 5.74) is 6.74. The van der Waals surface area contributed by atoms with Gasteiger partial charge in [-0.05, 0) is 13.1 Å². The maximum atomic E-state index is 13.6. The first-order chi connectivity index (χ1) is 7.70. The molecule has 2 unspecified atom stereocenters. The second kappa shape index (κ2) is 4.91. The van der Waals surface area contributed by atoms with Crippen molar-refractivity contribution in [1.82, 2.24) is 10.2 Å². The first-order valence-electron chi connectivity index (χ1n) is 5.61. The van der Waals surface area contributed by atoms with E-state index in [0.29, 0.717) is 5.56 Å². The van der Waals surface area contributed by atoms with Gasteiger partial charge in [0.1, 0.15) is 5.82 Å². The van der Waals surface area contributed by atoms with Gasteiger partial charge >= 0.3 is 0 Å². The van der Waals surface area contributed by atoms with E-state index in [1.54, 1.807) is 12.1 Å². The largest absolute Gasteiger partial charge is 0.323 e. The van der Waals surface area contributed by atoms with Gasteiger partial charge in [0.15, 0.2) is 0 Å². The minimum atomic E-state index is -0.279. The van der Waals surface area contributed by atoms with Crippen molar-refractivity contribution in [3.05, 3.63) is 35.6 Å². The number of likely N-dealkylation sites (N-methyl/N-ethyl adjacent to an activating group) is 1. The second-order valence-electron chi connectivity index (χ2n) is 4.30. The molecule has 0 aromatic heterocycles. The summed E-state index contributed by atoms with van der Waals surface area (Å²) in [4.78, 5) is 2.19. The molecule has 1 aromatic rings. The van der Waals surface area contributed by atoms with Crippen LogP contribution in [0, 0.1) is 5.82 Å². The van der Waals surface area contributed by atoms with Gasteiger partial charge in [0.2, 0.25) is 0 Å². The van der Waals surface area contributed by atoms with Crippen molar-refractivity contribution < 1.29 is 4.39 Å². The second-order valence-corrected chi connectivity index (χ2v) is 4.30. The third-order valence-electron chi connectivity index (χ3n) is 3.24. The molecule has 2 rings (SSSR count). The van der Waals surface area contributed by atoms with E-state index in [2.05, 4.69) is 10.2 Å². The van der Waals surface area contributed by atoms with Crippen LogP contribution in [-0.4, -0.2) is 37.6 Å². The Morgan fingerprint density at radius 2 is 2.25 bits per heavy atom. The third kappa shape index (κ3) is 2.24. The number of piperazine rings is 1. The summed E-state index contributed by atoms with van der Waals surface area (Å²) >= 11 is 0. The molecule has 1 heterocycles. The number of nitrogens with two attached hydrogens (primary N) is 1. The predicted octanol–water partition coefficient (Wildman–Crippen LogP) is 0.729. The summed E-state index contributed by atoms with van der Waals surface area (Å²) in [6.45, 7) is 2.73. The summed E-state index contributed by atoms with van der Waals surface area (Å²) < 4.78 is 13.6. The number of nitrogens with one attached hydrogen (secondary N) is 1. The van der Waals surface area contributed by atoms with Crippen LogP contribution in [0.3, 0.4) is 0 Å². The van der Waals surface area contributed by atoms with Crippen molar-refractivity contribution in [1.29, 1.82) is 0 Å². The Bertz CT molecular complexity index is 356. The monoisotopic (exact) mass is 223 g/mol. The summed E-state index contributed by atoms with van der Waals surface area (Å²) in [7, 11) is 2.03. The van der Waals surface area contributed by atoms with Crippen LogP contribution >= 0.6 is 0 Å². The van der Waals surface area contributed by atoms with Gasteiger partial charge in [0, 0.05) is 37.3 Å². The van der Waals surface area contributed by atoms with Crippen LogP contribution in [0.2, 0.25) is 0 Å². The fourth-order valence-corrected chi connectivity index (χ4v) is 2.18. The minimum absolute atomic E-state index is 0.158. The SMILES string of the molecule is CN1CCNCC1C(N)c1ccccc1F. The van der Waals surface area contributed by atoms with E-state index in [9.17, 15) is 4.39 Å². The molecule has 1 saturated heterocycles. The highest BCUT2D eigenvalue weighted by molar-refractivity contribution is 5.22. The van der Waals surface area contributed by atoms with E-state index in [4.69, 9.17) is 5.73 Å². The average molecular weight is 223 g/mol. The minimum Gasteiger partial charge on any atom is -0.323 e. The van der Waals surface area contributed by atoms with Crippen molar-refractivity contribution in [3.63, 3.8) is 0 Å². The molecule has 4 heteroatoms. The van der Waals surface area contributed by atoms with Crippen LogP contribution < -0.4 is 11.1 Å². The number of nitrogens with zero attached hydrogens (tertiary/aromatic N) is 1. The third-order valence-corrected chi connectivity index (χ3v) is 3.24. The normalized spacial score (nSPS) is 24.3. The molecule has 88 valence electrons. The Kier molecular flexibility index (Phi) is 3.53. The van der Waals surface area contributed by atoms with E-state index in [1.165, 1.54) is 6.07 Å². The van der Waals surface area contributed by atoms with Gasteiger partial charge in [0.25, 0.3) is 0 Å². The Hall–Kier alpha value is -0.970. The molecule has 0 saturated carbocycles. The number of hydrogen-bond acceptors (Lipinski definition) is 3. The van der Waals surface area contributed by atoms with Gasteiger partial charge in [-0.1, -0.05) is 18.2 Å². The van der Waals surface area contributed by atoms with Crippen LogP contribution in [0.25, 0.3) is 0 Å². The Balaban J connectivity index is 2.17. The smallest absolute Gasteiger partial charge is 0.128 e. The zero-order chi connectivity index (χ0) is 11.5. The van der Waals surface area contributed by atoms with Crippen LogP contribution in [0.15, 0.2) is 24.3 Å². The van der Waals surface area contributed by atoms with Crippen molar-refractivity contribution in [2.75, 3.05) is 26.7 Å². The number of rotatable bonds is 2. The van der Waals surface area contributed by atoms with Gasteiger partial charge in [-0.25, -0.2) is 4.39 Å². The summed E-state index contributed by atoms with van der Waals surface area (Å²) in [5.74, 6) is -0.214. The maximum Gasteiger partial charge on any atom is 0.128 e. The summed E-state index contributed by atoms with van der Waals surface area (Å²) in [6, 6.07) is 6.63. The van der Waals surface area contributed by atoms with Crippen molar-refractivity contribution >= 4 is 0 Å². The average Bonchev–Trinajstić information content (AvgIpc) is 2.29. The molecule has 1 aromatic carbocycles. The number of hydrogen-bond donors (Lipinski definition) is 2. The van der Waals surface area contributed by atoms with Crippen LogP contribution in [0.5, 0.6) is 0 Å². The molecule has 3 nitrogen and oxygen atoms in total. The van der Waals surface area contributed by atoms with Crippen molar-refractivity contribution in [3.8, 4) is 0 Å². The highest BCUT2D eigenvalue weighted by Gasteiger charge is 2.27. The number of halogens is 1. The Labute approximate surface area is 95.4 Å². The van der Waals surface area contributed by atoms with Gasteiger partial charge in [-0.15, -0.1) is 0 Å². The molecule has 1 aliphatic heterocycles. The molecule has 0 amide bonds. The van der Waals surface area contributed by atoms with Crippen LogP contribution in [0.1, 0.15) is 11.6 Å². The maximum absolute atomic E-state index is 13.6. The fraction of sp³-hybridized carbons (Fsp3) is 0.500. The summed E-state index contributed by atoms with van der Waals surface area (Å²) in [6.07, 6.45) is 0. The van der Waals surface area contributed by atoms with Gasteiger partial charge in [-0.3, -0.25) is 4.90 Å². The lowest BCUT2D eigenvalue weighted by Gasteiger charge is -2.37. The molecule has 2 atom stereocenters. The zero-order valence-corrected chi connectivity index (χ0v) is 9.49. The van der Waals surface area contributed by atoms with E-state index in [1.807, 2.05) is 13.1 Å². The fourth-order valence-electron chi connectivity index (χ4n) is 2.18. The van der Waals surface area contributed by atoms with Gasteiger partial charge in [0.05, 0.1) is 0 Å². The molecule has 16 heavy (non-hydrogen) atoms. The van der Waals surface area contributed by atoms with Gasteiger partial charge < -0.3 is 11.1 Å². The molecule has 1 fully saturated rings. The first-order valence-corrected chi connectivity index (χ1v) is 5.61. The molecule has 0 radical (unpaired) electrons. The quantitative estimate of drug-likeness (QED) is 0.776. The van der Waals surface area contributed by atoms with Crippen molar-refractivity contribution in [2.45, 2.75) is 12.1 Å². The Morgan fingerprint density at radius 3 is 2.94 bits per heavy atom. The first kappa shape index (κ1) is 11.5. The predicted molar refractivity (Wildman–Crippen MR) is 62.6 cm³/mol. The zero-order valence-electron chi connectivity index (χ0n) is 9.49. The standard InChI is InChI=1S/C12H18FN3/c1-16-7-6-15-8-11(16)12(14)9-4-2-3-5-10(9)13/h2-5,11-12,15H,6-8,14H2,1H3. The molecule has 0 bridgehead atoms. The molecule has 1 aliphatic rings. The summed E-state index contributed by atoms with van der Waals surface area (Å²) in [5, 5.41) is 3.29. The topological polar surface area (TPSA) is 41.3 Å². The molecule has 3 N–H and O–H groups in total. The highest BCUT2D eigenvalue weighted by atomic mass is 19.1. The van der Waals surface area contributed by atoms with Crippen LogP contribution in [0.4, 0.5) is 4.39 Å². The Morgan fingerprint density at radius 1 is 1.50 bits per heavy atom. The number of benzene rings is 1. The van der Waals surface area contributed by atoms with Crippen molar-refractivity contribution in [2.24, 2.45) is 5.73 Å². The molecule has 0 spiro atoms. The van der Waals surface area contributed by atoms with E-state index in [0.717, 1.165) is 19.6 Å². The van der Waals surface area contributed by atoms with E-state index in [-0.39, 0.29) is 17.9 Å². The lowest BCUT2D eigenvalue weighted by Crippen LogP contribution is -2.53. The van der Waals surface area contributed by atoms with Gasteiger partial charge in [-0.2, -0.15) is 0 Å². The molecular formula is C12H18FN3. The lowest BCUT2D eigenvalue weighted by molar-refractivity contribution is 0.172. The molecular weight excluding hydrogens is 205 g/mol.